The number of hydrogen-bond acceptors (Lipinski definition) is 4. The second kappa shape index (κ2) is 9.47. The first-order valence-electron chi connectivity index (χ1n) is 10.2. The fourth-order valence-electron chi connectivity index (χ4n) is 3.71. The van der Waals surface area contributed by atoms with Crippen LogP contribution in [-0.2, 0) is 10.6 Å². The first kappa shape index (κ1) is 20.7. The van der Waals surface area contributed by atoms with Crippen molar-refractivity contribution in [1.82, 2.24) is 4.90 Å². The lowest BCUT2D eigenvalue weighted by molar-refractivity contribution is 0.0263. The van der Waals surface area contributed by atoms with Crippen LogP contribution in [0.4, 0.5) is 11.4 Å². The van der Waals surface area contributed by atoms with Crippen molar-refractivity contribution in [3.05, 3.63) is 83.6 Å². The highest BCUT2D eigenvalue weighted by atomic mass is 35.5. The molecular weight excluding hydrogens is 398 g/mol. The van der Waals surface area contributed by atoms with Crippen LogP contribution in [0.25, 0.3) is 0 Å². The van der Waals surface area contributed by atoms with Gasteiger partial charge in [-0.05, 0) is 54.5 Å². The molecule has 1 unspecified atom stereocenters. The number of hydrogen-bond donors (Lipinski definition) is 1. The Bertz CT molecular complexity index is 949. The molecule has 2 heterocycles. The Morgan fingerprint density at radius 3 is 2.63 bits per heavy atom. The molecule has 0 aliphatic carbocycles. The Kier molecular flexibility index (Phi) is 6.53. The van der Waals surface area contributed by atoms with Crippen LogP contribution in [0.5, 0.6) is 0 Å². The molecule has 30 heavy (non-hydrogen) atoms. The molecule has 6 heteroatoms. The monoisotopic (exact) mass is 423 g/mol. The highest BCUT2D eigenvalue weighted by Crippen LogP contribution is 2.28. The zero-order valence-corrected chi connectivity index (χ0v) is 17.8. The lowest BCUT2D eigenvalue weighted by Crippen LogP contribution is -2.50. The fraction of sp³-hybridized carbons (Fsp3) is 0.292. The first-order chi connectivity index (χ1) is 14.7. The van der Waals surface area contributed by atoms with E-state index >= 15 is 0 Å². The largest absolute Gasteiger partial charge is 0.379 e. The molecule has 1 fully saturated rings. The Morgan fingerprint density at radius 1 is 1.13 bits per heavy atom. The Hall–Kier alpha value is -2.60. The van der Waals surface area contributed by atoms with Gasteiger partial charge >= 0.3 is 0 Å². The summed E-state index contributed by atoms with van der Waals surface area (Å²) in [5.41, 5.74) is 4.46. The predicted molar refractivity (Wildman–Crippen MR) is 122 cm³/mol. The van der Waals surface area contributed by atoms with E-state index in [4.69, 9.17) is 16.3 Å². The van der Waals surface area contributed by atoms with Crippen molar-refractivity contribution in [2.24, 2.45) is 0 Å². The Labute approximate surface area is 182 Å². The molecule has 1 atom stereocenters. The van der Waals surface area contributed by atoms with Crippen molar-refractivity contribution in [1.29, 1.82) is 0 Å². The van der Waals surface area contributed by atoms with Crippen LogP contribution in [0, 0.1) is 6.92 Å². The van der Waals surface area contributed by atoms with Crippen LogP contribution in [0.2, 0.25) is 0 Å². The van der Waals surface area contributed by atoms with E-state index in [0.717, 1.165) is 48.8 Å². The van der Waals surface area contributed by atoms with E-state index in [2.05, 4.69) is 39.5 Å². The number of carbonyl (C=O) groups excluding carboxylic acids is 1. The van der Waals surface area contributed by atoms with Gasteiger partial charge in [-0.3, -0.25) is 9.69 Å². The molecule has 1 saturated heterocycles. The number of halogens is 1. The summed E-state index contributed by atoms with van der Waals surface area (Å²) in [4.78, 5) is 17.4. The van der Waals surface area contributed by atoms with Crippen LogP contribution >= 0.6 is 11.6 Å². The zero-order valence-electron chi connectivity index (χ0n) is 17.1. The third-order valence-corrected chi connectivity index (χ3v) is 5.79. The van der Waals surface area contributed by atoms with Gasteiger partial charge in [0.25, 0.3) is 5.91 Å². The van der Waals surface area contributed by atoms with Gasteiger partial charge < -0.3 is 15.0 Å². The molecule has 2 aromatic carbocycles. The smallest absolute Gasteiger partial charge is 0.255 e. The van der Waals surface area contributed by atoms with E-state index in [1.54, 1.807) is 12.1 Å². The summed E-state index contributed by atoms with van der Waals surface area (Å²) in [6.45, 7) is 5.29. The molecule has 0 radical (unpaired) electrons. The highest BCUT2D eigenvalue weighted by Gasteiger charge is 2.25. The van der Waals surface area contributed by atoms with Crippen molar-refractivity contribution in [3.63, 3.8) is 0 Å². The van der Waals surface area contributed by atoms with Crippen molar-refractivity contribution >= 4 is 28.9 Å². The van der Waals surface area contributed by atoms with Gasteiger partial charge in [-0.1, -0.05) is 24.3 Å². The molecule has 5 nitrogen and oxygen atoms in total. The van der Waals surface area contributed by atoms with Crippen molar-refractivity contribution < 1.29 is 9.53 Å². The minimum Gasteiger partial charge on any atom is -0.379 e. The molecular formula is C24H26ClN3O2. The van der Waals surface area contributed by atoms with Gasteiger partial charge in [-0.2, -0.15) is 0 Å². The molecule has 0 aromatic heterocycles. The summed E-state index contributed by atoms with van der Waals surface area (Å²) >= 11 is 5.84. The predicted octanol–water partition coefficient (Wildman–Crippen LogP) is 4.53. The van der Waals surface area contributed by atoms with Crippen LogP contribution in [0.15, 0.2) is 66.9 Å². The number of carbonyl (C=O) groups is 1. The number of anilines is 2. The van der Waals surface area contributed by atoms with Crippen LogP contribution in [0.1, 0.15) is 21.5 Å². The second-order valence-electron chi connectivity index (χ2n) is 7.48. The van der Waals surface area contributed by atoms with Gasteiger partial charge in [0, 0.05) is 42.1 Å². The molecule has 0 spiro atoms. The quantitative estimate of drug-likeness (QED) is 0.717. The van der Waals surface area contributed by atoms with Gasteiger partial charge in [-0.15, -0.1) is 11.6 Å². The number of morpholine rings is 1. The molecule has 1 N–H and O–H groups in total. The minimum absolute atomic E-state index is 0.129. The summed E-state index contributed by atoms with van der Waals surface area (Å²) < 4.78 is 5.51. The lowest BCUT2D eigenvalue weighted by Gasteiger charge is -2.40. The Morgan fingerprint density at radius 2 is 1.90 bits per heavy atom. The molecule has 2 aliphatic rings. The molecule has 156 valence electrons. The summed E-state index contributed by atoms with van der Waals surface area (Å²) in [6, 6.07) is 13.5. The second-order valence-corrected chi connectivity index (χ2v) is 7.75. The average molecular weight is 424 g/mol. The summed E-state index contributed by atoms with van der Waals surface area (Å²) in [5, 5.41) is 3.06. The van der Waals surface area contributed by atoms with E-state index in [9.17, 15) is 4.79 Å². The van der Waals surface area contributed by atoms with Gasteiger partial charge in [0.15, 0.2) is 0 Å². The molecule has 2 aromatic rings. The van der Waals surface area contributed by atoms with Gasteiger partial charge in [0.2, 0.25) is 0 Å². The molecule has 1 amide bonds. The summed E-state index contributed by atoms with van der Waals surface area (Å²) in [7, 11) is 0. The number of nitrogens with zero attached hydrogens (tertiary/aromatic N) is 2. The van der Waals surface area contributed by atoms with E-state index in [-0.39, 0.29) is 12.1 Å². The van der Waals surface area contributed by atoms with Crippen LogP contribution in [0.3, 0.4) is 0 Å². The number of nitrogens with one attached hydrogen (secondary N) is 1. The number of rotatable bonds is 5. The number of alkyl halides is 1. The fourth-order valence-corrected chi connectivity index (χ4v) is 3.89. The maximum Gasteiger partial charge on any atom is 0.255 e. The van der Waals surface area contributed by atoms with Crippen molar-refractivity contribution in [2.75, 3.05) is 36.5 Å². The van der Waals surface area contributed by atoms with Gasteiger partial charge in [0.05, 0.1) is 13.2 Å². The van der Waals surface area contributed by atoms with Crippen LogP contribution in [-0.4, -0.2) is 43.3 Å². The summed E-state index contributed by atoms with van der Waals surface area (Å²) in [6.07, 6.45) is 8.53. The van der Waals surface area contributed by atoms with Gasteiger partial charge in [-0.25, -0.2) is 0 Å². The topological polar surface area (TPSA) is 44.8 Å². The van der Waals surface area contributed by atoms with Gasteiger partial charge in [0.1, 0.15) is 6.17 Å². The van der Waals surface area contributed by atoms with E-state index in [1.807, 2.05) is 37.3 Å². The molecule has 0 bridgehead atoms. The standard InChI is InChI=1S/C24H26ClN3O2/c1-18-5-10-21(28-11-3-2-4-23(28)27-12-14-30-15-13-27)16-22(18)26-24(29)20-8-6-19(17-25)7-9-20/h2-11,16,23H,12-15,17H2,1H3,(H,26,29). The molecule has 0 saturated carbocycles. The van der Waals surface area contributed by atoms with E-state index in [0.29, 0.717) is 11.4 Å². The number of amides is 1. The number of benzene rings is 2. The average Bonchev–Trinajstić information content (AvgIpc) is 2.81. The SMILES string of the molecule is Cc1ccc(N2C=CC=CC2N2CCOCC2)cc1NC(=O)c1ccc(CCl)cc1. The Balaban J connectivity index is 1.55. The maximum absolute atomic E-state index is 12.8. The number of allylic oxidation sites excluding steroid dienone is 2. The zero-order chi connectivity index (χ0) is 20.9. The highest BCUT2D eigenvalue weighted by molar-refractivity contribution is 6.17. The summed E-state index contributed by atoms with van der Waals surface area (Å²) in [5.74, 6) is 0.306. The third-order valence-electron chi connectivity index (χ3n) is 5.48. The van der Waals surface area contributed by atoms with Crippen LogP contribution < -0.4 is 10.2 Å². The van der Waals surface area contributed by atoms with E-state index in [1.165, 1.54) is 0 Å². The van der Waals surface area contributed by atoms with Crippen molar-refractivity contribution in [3.8, 4) is 0 Å². The normalized spacial score (nSPS) is 19.1. The third kappa shape index (κ3) is 4.59. The number of ether oxygens (including phenoxy) is 1. The first-order valence-corrected chi connectivity index (χ1v) is 10.7. The lowest BCUT2D eigenvalue weighted by atomic mass is 10.1. The minimum atomic E-state index is -0.129. The molecule has 4 rings (SSSR count). The molecule has 2 aliphatic heterocycles. The number of aryl methyl sites for hydroxylation is 1. The maximum atomic E-state index is 12.8. The van der Waals surface area contributed by atoms with E-state index < -0.39 is 0 Å². The van der Waals surface area contributed by atoms with Crippen molar-refractivity contribution in [2.45, 2.75) is 19.0 Å².